The molecule has 1 aliphatic rings. The second-order valence-corrected chi connectivity index (χ2v) is 6.78. The Morgan fingerprint density at radius 2 is 1.33 bits per heavy atom. The molecule has 30 heavy (non-hydrogen) atoms. The first-order valence-corrected chi connectivity index (χ1v) is 8.58. The van der Waals surface area contributed by atoms with Gasteiger partial charge in [-0.3, -0.25) is 0 Å². The van der Waals surface area contributed by atoms with Crippen LogP contribution in [0.15, 0.2) is 30.3 Å². The summed E-state index contributed by atoms with van der Waals surface area (Å²) in [6, 6.07) is 3.71. The van der Waals surface area contributed by atoms with Crippen LogP contribution >= 0.6 is 0 Å². The Morgan fingerprint density at radius 3 is 1.83 bits per heavy atom. The third-order valence-electron chi connectivity index (χ3n) is 4.78. The molecule has 0 bridgehead atoms. The molecule has 0 atom stereocenters. The van der Waals surface area contributed by atoms with Gasteiger partial charge in [0.2, 0.25) is 0 Å². The molecule has 0 fully saturated rings. The van der Waals surface area contributed by atoms with E-state index in [4.69, 9.17) is 0 Å². The Morgan fingerprint density at radius 1 is 0.767 bits per heavy atom. The number of hydrogen-bond donors (Lipinski definition) is 0. The van der Waals surface area contributed by atoms with Crippen LogP contribution < -0.4 is 10.2 Å². The summed E-state index contributed by atoms with van der Waals surface area (Å²) in [7, 11) is 0.953. The van der Waals surface area contributed by atoms with Crippen LogP contribution in [0.3, 0.4) is 0 Å². The number of halogens is 9. The Balaban J connectivity index is 2.26. The normalized spacial score (nSPS) is 15.1. The van der Waals surface area contributed by atoms with Gasteiger partial charge in [0, 0.05) is 25.8 Å². The monoisotopic (exact) mass is 441 g/mol. The number of alkyl halides is 9. The number of rotatable bonds is 2. The van der Waals surface area contributed by atoms with Crippen LogP contribution in [0.25, 0.3) is 0 Å². The molecular formula is C19H14F9N2. The van der Waals surface area contributed by atoms with Crippen LogP contribution in [-0.4, -0.2) is 13.6 Å². The van der Waals surface area contributed by atoms with Crippen molar-refractivity contribution in [3.8, 4) is 0 Å². The van der Waals surface area contributed by atoms with E-state index in [1.165, 1.54) is 12.1 Å². The van der Waals surface area contributed by atoms with E-state index in [2.05, 4.69) is 5.32 Å². The third kappa shape index (κ3) is 4.35. The summed E-state index contributed by atoms with van der Waals surface area (Å²) in [6.45, 7) is 0.805. The first kappa shape index (κ1) is 22.3. The number of nitrogens with zero attached hydrogens (tertiary/aromatic N) is 2. The second-order valence-electron chi connectivity index (χ2n) is 6.78. The predicted molar refractivity (Wildman–Crippen MR) is 90.4 cm³/mol. The van der Waals surface area contributed by atoms with Crippen LogP contribution in [-0.2, 0) is 31.5 Å². The fourth-order valence-electron chi connectivity index (χ4n) is 3.33. The fraction of sp³-hybridized carbons (Fsp3) is 0.368. The summed E-state index contributed by atoms with van der Waals surface area (Å²) in [4.78, 5) is 0.612. The molecule has 1 radical (unpaired) electrons. The van der Waals surface area contributed by atoms with Gasteiger partial charge >= 0.3 is 18.5 Å². The Bertz CT molecular complexity index is 907. The Hall–Kier alpha value is -2.43. The molecule has 0 unspecified atom stereocenters. The van der Waals surface area contributed by atoms with Crippen molar-refractivity contribution in [2.45, 2.75) is 31.5 Å². The lowest BCUT2D eigenvalue weighted by Gasteiger charge is -2.29. The molecule has 0 amide bonds. The Labute approximate surface area is 165 Å². The summed E-state index contributed by atoms with van der Waals surface area (Å²) in [6.07, 6.45) is -15.7. The number of hydrogen-bond acceptors (Lipinski definition) is 1. The topological polar surface area (TPSA) is 17.3 Å². The van der Waals surface area contributed by atoms with Crippen molar-refractivity contribution in [1.82, 2.24) is 5.32 Å². The molecule has 0 aromatic heterocycles. The molecule has 1 aliphatic heterocycles. The van der Waals surface area contributed by atoms with E-state index in [0.29, 0.717) is 23.4 Å². The highest BCUT2D eigenvalue weighted by atomic mass is 19.4. The highest BCUT2D eigenvalue weighted by Gasteiger charge is 2.46. The van der Waals surface area contributed by atoms with E-state index in [9.17, 15) is 39.5 Å². The van der Waals surface area contributed by atoms with Crippen LogP contribution in [0, 0.1) is 0 Å². The van der Waals surface area contributed by atoms with Gasteiger partial charge in [0.25, 0.3) is 0 Å². The summed E-state index contributed by atoms with van der Waals surface area (Å²) in [5.74, 6) is 0. The maximum absolute atomic E-state index is 13.6. The van der Waals surface area contributed by atoms with E-state index in [0.717, 1.165) is 12.6 Å². The van der Waals surface area contributed by atoms with E-state index < -0.39 is 40.9 Å². The van der Waals surface area contributed by atoms with Crippen LogP contribution in [0.2, 0.25) is 0 Å². The largest absolute Gasteiger partial charge is 0.418 e. The van der Waals surface area contributed by atoms with Gasteiger partial charge in [0.1, 0.15) is 0 Å². The highest BCUT2D eigenvalue weighted by molar-refractivity contribution is 5.72. The molecule has 2 aromatic carbocycles. The van der Waals surface area contributed by atoms with Gasteiger partial charge in [0.05, 0.1) is 22.4 Å². The lowest BCUT2D eigenvalue weighted by molar-refractivity contribution is -0.147. The molecule has 0 saturated carbocycles. The van der Waals surface area contributed by atoms with Crippen LogP contribution in [0.1, 0.15) is 27.8 Å². The van der Waals surface area contributed by atoms with Crippen molar-refractivity contribution in [3.63, 3.8) is 0 Å². The average molecular weight is 441 g/mol. The average Bonchev–Trinajstić information content (AvgIpc) is 2.63. The number of benzene rings is 2. The van der Waals surface area contributed by atoms with Crippen LogP contribution in [0.4, 0.5) is 50.9 Å². The van der Waals surface area contributed by atoms with Crippen molar-refractivity contribution >= 4 is 11.4 Å². The summed E-state index contributed by atoms with van der Waals surface area (Å²) >= 11 is 0. The van der Waals surface area contributed by atoms with Gasteiger partial charge in [0.15, 0.2) is 0 Å². The lowest BCUT2D eigenvalue weighted by atomic mass is 9.97. The maximum atomic E-state index is 13.6. The summed E-state index contributed by atoms with van der Waals surface area (Å²) < 4.78 is 120. The van der Waals surface area contributed by atoms with Crippen LogP contribution in [0.5, 0.6) is 0 Å². The molecule has 0 spiro atoms. The van der Waals surface area contributed by atoms with E-state index in [1.807, 2.05) is 0 Å². The lowest BCUT2D eigenvalue weighted by Crippen LogP contribution is -2.24. The minimum absolute atomic E-state index is 0.0263. The minimum Gasteiger partial charge on any atom is -0.344 e. The molecule has 2 nitrogen and oxygen atoms in total. The highest BCUT2D eigenvalue weighted by Crippen LogP contribution is 2.48. The van der Waals surface area contributed by atoms with Crippen molar-refractivity contribution in [2.24, 2.45) is 0 Å². The molecule has 3 rings (SSSR count). The zero-order valence-electron chi connectivity index (χ0n) is 15.3. The molecule has 0 saturated heterocycles. The minimum atomic E-state index is -5.45. The number of fused-ring (bicyclic) bond motifs is 1. The first-order valence-electron chi connectivity index (χ1n) is 8.58. The molecule has 0 aliphatic carbocycles. The van der Waals surface area contributed by atoms with E-state index in [1.54, 1.807) is 6.07 Å². The molecule has 11 heteroatoms. The van der Waals surface area contributed by atoms with E-state index in [-0.39, 0.29) is 24.4 Å². The summed E-state index contributed by atoms with van der Waals surface area (Å²) in [5.41, 5.74) is -5.98. The molecule has 1 heterocycles. The quantitative estimate of drug-likeness (QED) is 0.510. The van der Waals surface area contributed by atoms with Crippen molar-refractivity contribution in [1.29, 1.82) is 0 Å². The SMILES string of the molecule is CN(c1ccc2c(c1)C[N]CC2)c1c(C(F)(F)F)cc(C(F)(F)F)cc1C(F)(F)F. The van der Waals surface area contributed by atoms with Gasteiger partial charge in [-0.1, -0.05) is 6.07 Å². The van der Waals surface area contributed by atoms with Gasteiger partial charge in [-0.15, -0.1) is 0 Å². The first-order chi connectivity index (χ1) is 13.7. The zero-order chi connectivity index (χ0) is 22.5. The third-order valence-corrected chi connectivity index (χ3v) is 4.78. The zero-order valence-corrected chi connectivity index (χ0v) is 15.3. The van der Waals surface area contributed by atoms with Crippen molar-refractivity contribution < 1.29 is 39.5 Å². The predicted octanol–water partition coefficient (Wildman–Crippen LogP) is 6.17. The van der Waals surface area contributed by atoms with Gasteiger partial charge in [-0.25, -0.2) is 5.32 Å². The molecule has 163 valence electrons. The van der Waals surface area contributed by atoms with Gasteiger partial charge < -0.3 is 4.90 Å². The standard InChI is InChI=1S/C19H14F9N2/c1-30(13-3-2-10-4-5-29-9-11(10)6-13)16-14(18(23,24)25)7-12(17(20,21)22)8-15(16)19(26,27)28/h2-3,6-8H,4-5,9H2,1H3. The summed E-state index contributed by atoms with van der Waals surface area (Å²) in [5, 5.41) is 4.14. The molecule has 0 N–H and O–H groups in total. The van der Waals surface area contributed by atoms with Crippen molar-refractivity contribution in [3.05, 3.63) is 58.1 Å². The molecule has 2 aromatic rings. The number of anilines is 2. The van der Waals surface area contributed by atoms with E-state index >= 15 is 0 Å². The molecular weight excluding hydrogens is 427 g/mol. The maximum Gasteiger partial charge on any atom is 0.418 e. The smallest absolute Gasteiger partial charge is 0.344 e. The van der Waals surface area contributed by atoms with Gasteiger partial charge in [-0.05, 0) is 41.8 Å². The fourth-order valence-corrected chi connectivity index (χ4v) is 3.33. The Kier molecular flexibility index (Phi) is 5.46. The van der Waals surface area contributed by atoms with Gasteiger partial charge in [-0.2, -0.15) is 39.5 Å². The second kappa shape index (κ2) is 7.36. The van der Waals surface area contributed by atoms with Crippen molar-refractivity contribution in [2.75, 3.05) is 18.5 Å².